The smallest absolute Gasteiger partial charge is 0.434 e. The molecule has 16 heteroatoms. The third kappa shape index (κ3) is 8.57. The Bertz CT molecular complexity index is 1940. The molecule has 2 aliphatic heterocycles. The van der Waals surface area contributed by atoms with Gasteiger partial charge in [-0.2, -0.15) is 13.2 Å². The molecule has 3 N–H and O–H groups in total. The molecule has 2 aliphatic rings. The molecule has 2 amide bonds. The minimum absolute atomic E-state index is 0.0548. The number of fused-ring (bicyclic) bond motifs is 1. The summed E-state index contributed by atoms with van der Waals surface area (Å²) in [7, 11) is 0. The number of hydrogen-bond donors (Lipinski definition) is 3. The molecular weight excluding hydrogens is 685 g/mol. The van der Waals surface area contributed by atoms with Gasteiger partial charge >= 0.3 is 18.2 Å². The van der Waals surface area contributed by atoms with E-state index in [9.17, 15) is 27.6 Å². The van der Waals surface area contributed by atoms with Crippen LogP contribution in [-0.4, -0.2) is 102 Å². The largest absolute Gasteiger partial charge is 0.462 e. The lowest BCUT2D eigenvalue weighted by Crippen LogP contribution is -2.46. The van der Waals surface area contributed by atoms with Crippen molar-refractivity contribution < 1.29 is 27.5 Å². The highest BCUT2D eigenvalue weighted by atomic mass is 32.1. The number of piperazine rings is 1. The summed E-state index contributed by atoms with van der Waals surface area (Å²) in [6.45, 7) is 12.4. The Hall–Kier alpha value is -4.38. The number of carbonyl (C=O) groups excluding carboxylic acids is 2. The zero-order valence-corrected chi connectivity index (χ0v) is 29.3. The lowest BCUT2D eigenvalue weighted by molar-refractivity contribution is -0.140. The molecule has 2 fully saturated rings. The van der Waals surface area contributed by atoms with Gasteiger partial charge in [-0.1, -0.05) is 6.07 Å². The molecule has 0 bridgehead atoms. The first-order valence-electron chi connectivity index (χ1n) is 17.1. The fourth-order valence-corrected chi connectivity index (χ4v) is 7.47. The molecule has 5 heterocycles. The number of halogens is 3. The summed E-state index contributed by atoms with van der Waals surface area (Å²) in [5.74, 6) is -0.324. The molecule has 4 aromatic rings. The van der Waals surface area contributed by atoms with Crippen molar-refractivity contribution in [2.24, 2.45) is 5.92 Å². The van der Waals surface area contributed by atoms with Crippen molar-refractivity contribution in [1.29, 1.82) is 0 Å². The second-order valence-corrected chi connectivity index (χ2v) is 13.5. The van der Waals surface area contributed by atoms with Gasteiger partial charge in [0.15, 0.2) is 5.69 Å². The van der Waals surface area contributed by atoms with E-state index in [1.54, 1.807) is 38.2 Å². The van der Waals surface area contributed by atoms with Crippen molar-refractivity contribution in [2.45, 2.75) is 33.0 Å². The zero-order chi connectivity index (χ0) is 36.1. The molecule has 0 spiro atoms. The first kappa shape index (κ1) is 36.4. The van der Waals surface area contributed by atoms with E-state index in [2.05, 4.69) is 35.7 Å². The first-order valence-corrected chi connectivity index (χ1v) is 18.0. The van der Waals surface area contributed by atoms with Gasteiger partial charge in [-0.3, -0.25) is 15.0 Å². The van der Waals surface area contributed by atoms with Gasteiger partial charge in [0.2, 0.25) is 5.43 Å². The highest BCUT2D eigenvalue weighted by molar-refractivity contribution is 7.13. The Kier molecular flexibility index (Phi) is 11.3. The van der Waals surface area contributed by atoms with Crippen molar-refractivity contribution in [3.63, 3.8) is 0 Å². The monoisotopic (exact) mass is 726 g/mol. The van der Waals surface area contributed by atoms with Gasteiger partial charge in [-0.05, 0) is 56.5 Å². The number of hydrogen-bond acceptors (Lipinski definition) is 10. The molecule has 0 unspecified atom stereocenters. The summed E-state index contributed by atoms with van der Waals surface area (Å²) < 4.78 is 47.9. The number of pyridine rings is 2. The molecule has 1 aromatic carbocycles. The van der Waals surface area contributed by atoms with Crippen LogP contribution in [0.25, 0.3) is 32.6 Å². The lowest BCUT2D eigenvalue weighted by atomic mass is 9.99. The number of aromatic nitrogens is 3. The zero-order valence-electron chi connectivity index (χ0n) is 28.5. The summed E-state index contributed by atoms with van der Waals surface area (Å²) in [5, 5.41) is 9.81. The van der Waals surface area contributed by atoms with E-state index >= 15 is 0 Å². The fraction of sp³-hybridized carbons (Fsp3) is 0.457. The quantitative estimate of drug-likeness (QED) is 0.187. The molecule has 2 saturated heterocycles. The number of amides is 2. The number of esters is 1. The van der Waals surface area contributed by atoms with Crippen LogP contribution >= 0.6 is 11.3 Å². The molecular formula is C35H41F3N8O4S. The van der Waals surface area contributed by atoms with Crippen LogP contribution in [0.2, 0.25) is 0 Å². The van der Waals surface area contributed by atoms with Crippen molar-refractivity contribution in [2.75, 3.05) is 70.8 Å². The Morgan fingerprint density at radius 3 is 2.59 bits per heavy atom. The van der Waals surface area contributed by atoms with Crippen LogP contribution < -0.4 is 21.4 Å². The first-order chi connectivity index (χ1) is 24.5. The summed E-state index contributed by atoms with van der Waals surface area (Å²) in [6.07, 6.45) is -0.674. The topological polar surface area (TPSA) is 134 Å². The number of nitrogens with zero attached hydrogens (tertiary/aromatic N) is 5. The minimum atomic E-state index is -4.65. The van der Waals surface area contributed by atoms with Crippen LogP contribution in [-0.2, 0) is 17.5 Å². The van der Waals surface area contributed by atoms with E-state index in [1.807, 2.05) is 4.57 Å². The van der Waals surface area contributed by atoms with Crippen molar-refractivity contribution >= 4 is 40.1 Å². The van der Waals surface area contributed by atoms with Gasteiger partial charge in [0.25, 0.3) is 0 Å². The average Bonchev–Trinajstić information content (AvgIpc) is 3.80. The second kappa shape index (κ2) is 15.9. The molecule has 12 nitrogen and oxygen atoms in total. The van der Waals surface area contributed by atoms with Crippen molar-refractivity contribution in [3.8, 4) is 21.7 Å². The van der Waals surface area contributed by atoms with Crippen molar-refractivity contribution in [3.05, 3.63) is 63.5 Å². The second-order valence-electron chi connectivity index (χ2n) is 12.7. The van der Waals surface area contributed by atoms with E-state index in [1.165, 1.54) is 12.3 Å². The molecule has 272 valence electrons. The fourth-order valence-electron chi connectivity index (χ4n) is 6.61. The minimum Gasteiger partial charge on any atom is -0.462 e. The van der Waals surface area contributed by atoms with Gasteiger partial charge in [-0.15, -0.1) is 11.3 Å². The molecule has 0 saturated carbocycles. The summed E-state index contributed by atoms with van der Waals surface area (Å²) in [6, 6.07) is 6.11. The van der Waals surface area contributed by atoms with E-state index in [0.717, 1.165) is 75.5 Å². The van der Waals surface area contributed by atoms with E-state index < -0.39 is 29.3 Å². The highest BCUT2D eigenvalue weighted by Crippen LogP contribution is 2.39. The standard InChI is InChI=1S/C35H41F3N8O4S/c1-3-40-34(49)43-30-16-24(32-42-29(21-51-32)35(36,37)38)26(17-41-30)23-5-6-28-25(15-23)31(47)27(33(48)50-4-2)20-46(28)19-22-7-10-45(18-22)14-13-44-11-8-39-9-12-44/h5-6,15-17,20-22,39H,3-4,7-14,18-19H2,1-2H3,(H2,40,41,43,49)/t22-/m1/s1. The SMILES string of the molecule is CCNC(=O)Nc1cc(-c2nc(C(F)(F)F)cs2)c(-c2ccc3c(c2)c(=O)c(C(=O)OCC)cn3C[C@@H]2CCN(CCN3CCNCC3)C2)cn1. The van der Waals surface area contributed by atoms with E-state index in [-0.39, 0.29) is 33.9 Å². The number of nitrogens with one attached hydrogen (secondary N) is 3. The van der Waals surface area contributed by atoms with Crippen LogP contribution in [0.15, 0.2) is 46.8 Å². The maximum atomic E-state index is 13.9. The summed E-state index contributed by atoms with van der Waals surface area (Å²) >= 11 is 0.803. The number of thiazole rings is 1. The maximum absolute atomic E-state index is 13.9. The molecule has 51 heavy (non-hydrogen) atoms. The van der Waals surface area contributed by atoms with Crippen LogP contribution in [0.4, 0.5) is 23.8 Å². The average molecular weight is 727 g/mol. The summed E-state index contributed by atoms with van der Waals surface area (Å²) in [5.41, 5.74) is 0.123. The molecule has 0 aliphatic carbocycles. The predicted molar refractivity (Wildman–Crippen MR) is 190 cm³/mol. The van der Waals surface area contributed by atoms with E-state index in [4.69, 9.17) is 4.74 Å². The Labute approximate surface area is 297 Å². The number of likely N-dealkylation sites (tertiary alicyclic amines) is 1. The van der Waals surface area contributed by atoms with Crippen molar-refractivity contribution in [1.82, 2.24) is 35.0 Å². The van der Waals surface area contributed by atoms with Gasteiger partial charge in [0.1, 0.15) is 16.4 Å². The Morgan fingerprint density at radius 1 is 1.08 bits per heavy atom. The van der Waals surface area contributed by atoms with Crippen LogP contribution in [0.3, 0.4) is 0 Å². The van der Waals surface area contributed by atoms with Gasteiger partial charge in [0.05, 0.1) is 12.1 Å². The third-order valence-corrected chi connectivity index (χ3v) is 10.0. The van der Waals surface area contributed by atoms with Gasteiger partial charge < -0.3 is 24.8 Å². The Morgan fingerprint density at radius 2 is 1.86 bits per heavy atom. The molecule has 0 radical (unpaired) electrons. The molecule has 3 aromatic heterocycles. The van der Waals surface area contributed by atoms with Crippen LogP contribution in [0.1, 0.15) is 36.3 Å². The number of rotatable bonds is 11. The predicted octanol–water partition coefficient (Wildman–Crippen LogP) is 4.75. The molecule has 6 rings (SSSR count). The number of benzene rings is 1. The number of alkyl halides is 3. The summed E-state index contributed by atoms with van der Waals surface area (Å²) in [4.78, 5) is 52.3. The van der Waals surface area contributed by atoms with Crippen LogP contribution in [0, 0.1) is 5.92 Å². The van der Waals surface area contributed by atoms with Gasteiger partial charge in [0, 0.05) is 93.2 Å². The lowest BCUT2D eigenvalue weighted by Gasteiger charge is -2.29. The third-order valence-electron chi connectivity index (χ3n) is 9.16. The van der Waals surface area contributed by atoms with Crippen LogP contribution in [0.5, 0.6) is 0 Å². The number of carbonyl (C=O) groups is 2. The van der Waals surface area contributed by atoms with E-state index in [0.29, 0.717) is 35.7 Å². The number of urea groups is 1. The maximum Gasteiger partial charge on any atom is 0.434 e. The normalized spacial score (nSPS) is 17.2. The highest BCUT2D eigenvalue weighted by Gasteiger charge is 2.34. The number of anilines is 1. The Balaban J connectivity index is 1.36. The number of ether oxygens (including phenoxy) is 1. The molecule has 1 atom stereocenters. The van der Waals surface area contributed by atoms with Gasteiger partial charge in [-0.25, -0.2) is 19.6 Å².